The summed E-state index contributed by atoms with van der Waals surface area (Å²) in [6.07, 6.45) is -5.26. The number of carbonyl (C=O) groups is 2. The minimum Gasteiger partial charge on any atom is -0.491 e. The van der Waals surface area contributed by atoms with Crippen molar-refractivity contribution < 1.29 is 73.1 Å². The molecule has 0 aliphatic carbocycles. The van der Waals surface area contributed by atoms with E-state index in [1.54, 1.807) is 0 Å². The van der Waals surface area contributed by atoms with Crippen LogP contribution in [0.3, 0.4) is 0 Å². The van der Waals surface area contributed by atoms with E-state index >= 15 is 0 Å². The fourth-order valence-electron chi connectivity index (χ4n) is 4.84. The lowest BCUT2D eigenvalue weighted by atomic mass is 10.0. The van der Waals surface area contributed by atoms with E-state index in [4.69, 9.17) is 18.9 Å². The van der Waals surface area contributed by atoms with Crippen LogP contribution in [0.2, 0.25) is 0 Å². The summed E-state index contributed by atoms with van der Waals surface area (Å²) in [5.74, 6) is -7.87. The number of rotatable bonds is 16. The van der Waals surface area contributed by atoms with Crippen LogP contribution >= 0.6 is 0 Å². The molecule has 2 unspecified atom stereocenters. The molecule has 2 saturated heterocycles. The van der Waals surface area contributed by atoms with Gasteiger partial charge in [0.05, 0.1) is 38.6 Å². The Morgan fingerprint density at radius 3 is 1.33 bits per heavy atom. The van der Waals surface area contributed by atoms with Gasteiger partial charge in [-0.15, -0.1) is 0 Å². The molecule has 0 radical (unpaired) electrons. The number of halogens is 8. The molecule has 0 N–H and O–H groups in total. The summed E-state index contributed by atoms with van der Waals surface area (Å²) < 4.78 is 144. The molecule has 52 heavy (non-hydrogen) atoms. The zero-order chi connectivity index (χ0) is 37.5. The molecular formula is C36H30F8O8. The van der Waals surface area contributed by atoms with Crippen molar-refractivity contribution in [2.75, 3.05) is 26.4 Å². The average Bonchev–Trinajstić information content (AvgIpc) is 4.01. The highest BCUT2D eigenvalue weighted by molar-refractivity contribution is 5.90. The first kappa shape index (κ1) is 38.3. The van der Waals surface area contributed by atoms with Crippen LogP contribution in [0.1, 0.15) is 47.9 Å². The van der Waals surface area contributed by atoms with Gasteiger partial charge >= 0.3 is 24.3 Å². The Kier molecular flexibility index (Phi) is 12.2. The molecule has 5 rings (SSSR count). The molecule has 8 nitrogen and oxygen atoms in total. The summed E-state index contributed by atoms with van der Waals surface area (Å²) in [4.78, 5) is 24.8. The van der Waals surface area contributed by atoms with Crippen LogP contribution in [-0.4, -0.2) is 50.6 Å². The van der Waals surface area contributed by atoms with Crippen LogP contribution < -0.4 is 18.9 Å². The number of alkyl halides is 6. The second-order valence-electron chi connectivity index (χ2n) is 11.6. The predicted octanol–water partition coefficient (Wildman–Crippen LogP) is 8.36. The highest BCUT2D eigenvalue weighted by Gasteiger charge is 2.49. The van der Waals surface area contributed by atoms with Gasteiger partial charge in [0.25, 0.3) is 0 Å². The van der Waals surface area contributed by atoms with Gasteiger partial charge in [0.2, 0.25) is 0 Å². The van der Waals surface area contributed by atoms with Gasteiger partial charge in [-0.1, -0.05) is 12.1 Å². The van der Waals surface area contributed by atoms with Crippen LogP contribution in [0.5, 0.6) is 23.0 Å². The molecule has 0 spiro atoms. The number of hydrogen-bond acceptors (Lipinski definition) is 8. The van der Waals surface area contributed by atoms with Gasteiger partial charge in [-0.2, -0.15) is 26.3 Å². The summed E-state index contributed by atoms with van der Waals surface area (Å²) in [5.41, 5.74) is -4.73. The Morgan fingerprint density at radius 1 is 0.635 bits per heavy atom. The maximum atomic E-state index is 14.4. The van der Waals surface area contributed by atoms with Crippen LogP contribution in [0.25, 0.3) is 12.2 Å². The predicted molar refractivity (Wildman–Crippen MR) is 168 cm³/mol. The van der Waals surface area contributed by atoms with E-state index in [2.05, 4.69) is 9.47 Å². The molecule has 3 aromatic carbocycles. The summed E-state index contributed by atoms with van der Waals surface area (Å²) in [6.45, 7) is 1.79. The van der Waals surface area contributed by atoms with E-state index in [1.807, 2.05) is 0 Å². The highest BCUT2D eigenvalue weighted by Crippen LogP contribution is 2.49. The first-order chi connectivity index (χ1) is 24.7. The van der Waals surface area contributed by atoms with Gasteiger partial charge < -0.3 is 28.4 Å². The summed E-state index contributed by atoms with van der Waals surface area (Å²) in [5, 5.41) is 0. The lowest BCUT2D eigenvalue weighted by Crippen LogP contribution is -2.21. The van der Waals surface area contributed by atoms with Crippen molar-refractivity contribution in [3.05, 3.63) is 94.6 Å². The Balaban J connectivity index is 1.25. The van der Waals surface area contributed by atoms with Crippen molar-refractivity contribution in [2.24, 2.45) is 0 Å². The van der Waals surface area contributed by atoms with Crippen molar-refractivity contribution in [1.82, 2.24) is 0 Å². The minimum absolute atomic E-state index is 0.0672. The van der Waals surface area contributed by atoms with E-state index in [0.29, 0.717) is 50.3 Å². The maximum Gasteiger partial charge on any atom is 0.420 e. The third-order valence-electron chi connectivity index (χ3n) is 7.51. The molecule has 0 bridgehead atoms. The fourth-order valence-corrected chi connectivity index (χ4v) is 4.84. The lowest BCUT2D eigenvalue weighted by molar-refractivity contribution is -0.164. The Bertz CT molecular complexity index is 1680. The fraction of sp³-hybridized carbons (Fsp3) is 0.333. The zero-order valence-electron chi connectivity index (χ0n) is 27.0. The molecule has 2 aliphatic rings. The lowest BCUT2D eigenvalue weighted by Gasteiger charge is -2.21. The normalized spacial score (nSPS) is 17.0. The number of ether oxygens (including phenoxy) is 6. The van der Waals surface area contributed by atoms with E-state index < -0.39 is 58.6 Å². The first-order valence-corrected chi connectivity index (χ1v) is 15.9. The molecule has 0 saturated carbocycles. The van der Waals surface area contributed by atoms with Crippen LogP contribution in [0.4, 0.5) is 35.1 Å². The zero-order valence-corrected chi connectivity index (χ0v) is 27.0. The molecule has 0 aromatic heterocycles. The van der Waals surface area contributed by atoms with Crippen molar-refractivity contribution in [3.63, 3.8) is 0 Å². The molecule has 0 amide bonds. The number of hydrogen-bond donors (Lipinski definition) is 0. The van der Waals surface area contributed by atoms with Gasteiger partial charge in [0, 0.05) is 12.2 Å². The second kappa shape index (κ2) is 16.6. The quantitative estimate of drug-likeness (QED) is 0.0361. The van der Waals surface area contributed by atoms with Gasteiger partial charge in [-0.3, -0.25) is 0 Å². The number of epoxide rings is 2. The molecule has 16 heteroatoms. The van der Waals surface area contributed by atoms with Crippen molar-refractivity contribution in [1.29, 1.82) is 0 Å². The van der Waals surface area contributed by atoms with Crippen molar-refractivity contribution >= 4 is 24.1 Å². The van der Waals surface area contributed by atoms with Gasteiger partial charge in [-0.05, 0) is 85.4 Å². The molecule has 278 valence electrons. The van der Waals surface area contributed by atoms with E-state index in [1.165, 1.54) is 24.3 Å². The van der Waals surface area contributed by atoms with Crippen LogP contribution in [0.15, 0.2) is 60.7 Å². The Labute approximate surface area is 291 Å². The largest absolute Gasteiger partial charge is 0.491 e. The van der Waals surface area contributed by atoms with Crippen LogP contribution in [0, 0.1) is 11.6 Å². The number of esters is 2. The third kappa shape index (κ3) is 11.3. The van der Waals surface area contributed by atoms with Gasteiger partial charge in [-0.25, -0.2) is 18.4 Å². The highest BCUT2D eigenvalue weighted by atomic mass is 19.4. The molecular weight excluding hydrogens is 712 g/mol. The van der Waals surface area contributed by atoms with E-state index in [0.717, 1.165) is 37.1 Å². The first-order valence-electron chi connectivity index (χ1n) is 15.9. The molecule has 2 atom stereocenters. The van der Waals surface area contributed by atoms with E-state index in [9.17, 15) is 44.7 Å². The molecule has 2 aliphatic heterocycles. The summed E-state index contributed by atoms with van der Waals surface area (Å²) >= 11 is 0. The Morgan fingerprint density at radius 2 is 1.00 bits per heavy atom. The van der Waals surface area contributed by atoms with E-state index in [-0.39, 0.29) is 48.0 Å². The summed E-state index contributed by atoms with van der Waals surface area (Å²) in [6, 6.07) is 7.89. The molecule has 2 heterocycles. The number of benzene rings is 3. The SMILES string of the molecule is O=C(/C=C/c1ccc(OCCCC2CO2)c(F)c1)Oc1ccc(OC(=O)/C=C/c2ccc(OCCCC3CO3)c(F)c2)c(C(F)(F)F)c1C(F)(F)F. The second-order valence-corrected chi connectivity index (χ2v) is 11.6. The monoisotopic (exact) mass is 742 g/mol. The van der Waals surface area contributed by atoms with Crippen LogP contribution in [-0.2, 0) is 31.4 Å². The summed E-state index contributed by atoms with van der Waals surface area (Å²) in [7, 11) is 0. The maximum absolute atomic E-state index is 14.4. The minimum atomic E-state index is -5.75. The smallest absolute Gasteiger partial charge is 0.420 e. The topological polar surface area (TPSA) is 96.1 Å². The molecule has 2 fully saturated rings. The Hall–Kier alpha value is -4.96. The third-order valence-corrected chi connectivity index (χ3v) is 7.51. The van der Waals surface area contributed by atoms with Crippen molar-refractivity contribution in [2.45, 2.75) is 50.2 Å². The van der Waals surface area contributed by atoms with Gasteiger partial charge in [0.15, 0.2) is 23.1 Å². The van der Waals surface area contributed by atoms with Gasteiger partial charge in [0.1, 0.15) is 22.6 Å². The average molecular weight is 743 g/mol. The van der Waals surface area contributed by atoms with Crippen molar-refractivity contribution in [3.8, 4) is 23.0 Å². The standard InChI is InChI=1S/C36H30F8O8/c37-25-17-21(5-9-27(25)47-15-1-3-23-19-49-23)7-13-31(45)51-29-11-12-30(34(36(42,43)44)33(29)35(39,40)41)52-32(46)14-8-22-6-10-28(26(38)18-22)48-16-2-4-24-20-50-24/h5-14,17-18,23-24H,1-4,15-16,19-20H2/b13-7+,14-8+. The molecule has 3 aromatic rings. The number of carbonyl (C=O) groups excluding carboxylic acids is 2.